The molecule has 12 nitrogen and oxygen atoms in total. The molecular formula is C27H45N5O7. The van der Waals surface area contributed by atoms with Crippen LogP contribution >= 0.6 is 0 Å². The van der Waals surface area contributed by atoms with Crippen LogP contribution in [-0.4, -0.2) is 121 Å². The average Bonchev–Trinajstić information content (AvgIpc) is 2.86. The van der Waals surface area contributed by atoms with Crippen LogP contribution in [0.3, 0.4) is 0 Å². The van der Waals surface area contributed by atoms with E-state index < -0.39 is 18.0 Å². The third kappa shape index (κ3) is 15.8. The van der Waals surface area contributed by atoms with Crippen LogP contribution in [0.5, 0.6) is 5.75 Å². The van der Waals surface area contributed by atoms with Crippen molar-refractivity contribution in [1.82, 2.24) is 20.0 Å². The van der Waals surface area contributed by atoms with E-state index in [2.05, 4.69) is 5.32 Å². The number of carbonyl (C=O) groups excluding carboxylic acids is 2. The number of Topliss-reactive ketones (excluding diaryl/α,β-unsaturated/α-hetero) is 1. The van der Waals surface area contributed by atoms with Crippen LogP contribution in [0.15, 0.2) is 24.3 Å². The molecule has 0 radical (unpaired) electrons. The van der Waals surface area contributed by atoms with Crippen LogP contribution in [-0.2, 0) is 25.7 Å². The van der Waals surface area contributed by atoms with Gasteiger partial charge in [-0.15, -0.1) is 0 Å². The van der Waals surface area contributed by atoms with E-state index >= 15 is 0 Å². The highest BCUT2D eigenvalue weighted by Gasteiger charge is 2.17. The fourth-order valence-electron chi connectivity index (χ4n) is 3.78. The van der Waals surface area contributed by atoms with Gasteiger partial charge in [0.25, 0.3) is 0 Å². The number of carboxylic acids is 2. The van der Waals surface area contributed by atoms with E-state index in [0.717, 1.165) is 5.56 Å². The number of nitrogens with two attached hydrogens (primary N) is 1. The Morgan fingerprint density at radius 2 is 1.51 bits per heavy atom. The van der Waals surface area contributed by atoms with Crippen molar-refractivity contribution in [3.63, 3.8) is 0 Å². The molecule has 0 heterocycles. The van der Waals surface area contributed by atoms with Crippen LogP contribution in [0.4, 0.5) is 0 Å². The van der Waals surface area contributed by atoms with Crippen molar-refractivity contribution >= 4 is 23.6 Å². The van der Waals surface area contributed by atoms with Crippen molar-refractivity contribution in [2.24, 2.45) is 11.7 Å². The summed E-state index contributed by atoms with van der Waals surface area (Å²) in [5, 5.41) is 20.9. The van der Waals surface area contributed by atoms with E-state index in [1.54, 1.807) is 41.1 Å². The minimum atomic E-state index is -0.932. The number of aliphatic carboxylic acids is 2. The summed E-state index contributed by atoms with van der Waals surface area (Å²) in [6.07, 6.45) is 0.608. The first-order valence-corrected chi connectivity index (χ1v) is 13.2. The van der Waals surface area contributed by atoms with E-state index in [1.807, 2.05) is 25.7 Å². The topological polar surface area (TPSA) is 166 Å². The average molecular weight is 552 g/mol. The number of ether oxygens (including phenoxy) is 1. The first-order valence-electron chi connectivity index (χ1n) is 13.2. The quantitative estimate of drug-likeness (QED) is 0.166. The fourth-order valence-corrected chi connectivity index (χ4v) is 3.78. The summed E-state index contributed by atoms with van der Waals surface area (Å²) >= 11 is 0. The molecule has 1 atom stereocenters. The van der Waals surface area contributed by atoms with Gasteiger partial charge in [-0.1, -0.05) is 32.9 Å². The largest absolute Gasteiger partial charge is 0.486 e. The van der Waals surface area contributed by atoms with Gasteiger partial charge in [-0.3, -0.25) is 33.9 Å². The molecule has 0 unspecified atom stereocenters. The van der Waals surface area contributed by atoms with E-state index in [4.69, 9.17) is 20.7 Å². The molecule has 0 saturated carbocycles. The highest BCUT2D eigenvalue weighted by Crippen LogP contribution is 2.13. The first-order chi connectivity index (χ1) is 18.4. The maximum atomic E-state index is 12.7. The van der Waals surface area contributed by atoms with Gasteiger partial charge < -0.3 is 26.0 Å². The second-order valence-corrected chi connectivity index (χ2v) is 10.1. The van der Waals surface area contributed by atoms with Gasteiger partial charge >= 0.3 is 11.9 Å². The lowest BCUT2D eigenvalue weighted by Crippen LogP contribution is -2.45. The monoisotopic (exact) mass is 551 g/mol. The lowest BCUT2D eigenvalue weighted by Gasteiger charge is -2.27. The highest BCUT2D eigenvalue weighted by molar-refractivity contribution is 5.85. The Kier molecular flexibility index (Phi) is 15.9. The molecule has 12 heteroatoms. The Labute approximate surface area is 231 Å². The normalized spacial score (nSPS) is 12.2. The number of hydrogen-bond acceptors (Lipinski definition) is 9. The van der Waals surface area contributed by atoms with Crippen molar-refractivity contribution in [2.45, 2.75) is 39.8 Å². The molecule has 0 saturated heterocycles. The van der Waals surface area contributed by atoms with Crippen LogP contribution in [0.2, 0.25) is 0 Å². The van der Waals surface area contributed by atoms with Crippen molar-refractivity contribution in [2.75, 3.05) is 66.0 Å². The lowest BCUT2D eigenvalue weighted by molar-refractivity contribution is -0.139. The maximum absolute atomic E-state index is 12.7. The summed E-state index contributed by atoms with van der Waals surface area (Å²) < 4.78 is 5.55. The second kappa shape index (κ2) is 18.3. The Morgan fingerprint density at radius 3 is 2.08 bits per heavy atom. The van der Waals surface area contributed by atoms with Crippen molar-refractivity contribution in [3.8, 4) is 5.75 Å². The van der Waals surface area contributed by atoms with Crippen molar-refractivity contribution in [1.29, 1.82) is 0 Å². The molecule has 5 N–H and O–H groups in total. The number of rotatable bonds is 21. The van der Waals surface area contributed by atoms with Crippen LogP contribution in [0, 0.1) is 5.92 Å². The predicted molar refractivity (Wildman–Crippen MR) is 148 cm³/mol. The van der Waals surface area contributed by atoms with Gasteiger partial charge in [0.05, 0.1) is 25.7 Å². The number of carboxylic acid groups (broad SMARTS) is 2. The summed E-state index contributed by atoms with van der Waals surface area (Å²) in [5.74, 6) is -1.34. The zero-order valence-electron chi connectivity index (χ0n) is 23.6. The number of benzene rings is 1. The van der Waals surface area contributed by atoms with Gasteiger partial charge in [0, 0.05) is 32.7 Å². The molecule has 0 aromatic heterocycles. The zero-order chi connectivity index (χ0) is 29.4. The number of hydrogen-bond donors (Lipinski definition) is 4. The summed E-state index contributed by atoms with van der Waals surface area (Å²) in [7, 11) is 1.69. The molecule has 1 amide bonds. The Hall–Kier alpha value is -3.06. The Morgan fingerprint density at radius 1 is 0.923 bits per heavy atom. The molecule has 0 aliphatic carbocycles. The summed E-state index contributed by atoms with van der Waals surface area (Å²) in [6, 6.07) is 6.53. The number of nitrogens with one attached hydrogen (secondary N) is 1. The Bertz CT molecular complexity index is 910. The van der Waals surface area contributed by atoms with Gasteiger partial charge in [0.1, 0.15) is 12.4 Å². The minimum Gasteiger partial charge on any atom is -0.486 e. The molecule has 1 aromatic rings. The van der Waals surface area contributed by atoms with E-state index in [9.17, 15) is 19.2 Å². The first kappa shape index (κ1) is 34.0. The maximum Gasteiger partial charge on any atom is 0.317 e. The molecule has 0 fully saturated rings. The van der Waals surface area contributed by atoms with Crippen LogP contribution in [0.25, 0.3) is 0 Å². The SMILES string of the molecule is CCN(CCN(CCN(C)CC(=O)O)CC(=O)NCc1ccc(OCC(=O)[C@H](N)CC(C)C)cc1)CC(=O)O. The third-order valence-electron chi connectivity index (χ3n) is 6.04. The molecule has 0 spiro atoms. The zero-order valence-corrected chi connectivity index (χ0v) is 23.6. The molecule has 0 aliphatic rings. The van der Waals surface area contributed by atoms with E-state index in [1.165, 1.54) is 0 Å². The number of carbonyl (C=O) groups is 4. The molecular weight excluding hydrogens is 506 g/mol. The smallest absolute Gasteiger partial charge is 0.317 e. The van der Waals surface area contributed by atoms with Gasteiger partial charge in [0.15, 0.2) is 5.78 Å². The molecule has 0 aliphatic heterocycles. The van der Waals surface area contributed by atoms with E-state index in [0.29, 0.717) is 57.4 Å². The summed E-state index contributed by atoms with van der Waals surface area (Å²) in [6.45, 7) is 8.35. The van der Waals surface area contributed by atoms with Crippen molar-refractivity contribution in [3.05, 3.63) is 29.8 Å². The molecule has 39 heavy (non-hydrogen) atoms. The number of ketones is 1. The van der Waals surface area contributed by atoms with Crippen LogP contribution in [0.1, 0.15) is 32.8 Å². The molecule has 1 aromatic carbocycles. The number of amides is 1. The lowest BCUT2D eigenvalue weighted by atomic mass is 10.0. The fraction of sp³-hybridized carbons (Fsp3) is 0.630. The number of likely N-dealkylation sites (N-methyl/N-ethyl adjacent to an activating group) is 2. The predicted octanol–water partition coefficient (Wildman–Crippen LogP) is 0.349. The van der Waals surface area contributed by atoms with Gasteiger partial charge in [-0.25, -0.2) is 0 Å². The van der Waals surface area contributed by atoms with Crippen LogP contribution < -0.4 is 15.8 Å². The van der Waals surface area contributed by atoms with Gasteiger partial charge in [-0.2, -0.15) is 0 Å². The highest BCUT2D eigenvalue weighted by atomic mass is 16.5. The van der Waals surface area contributed by atoms with Gasteiger partial charge in [0.2, 0.25) is 5.91 Å². The van der Waals surface area contributed by atoms with Crippen molar-refractivity contribution < 1.29 is 34.1 Å². The standard InChI is InChI=1S/C27H45N5O7/c1-5-31(18-27(37)38)12-13-32(11-10-30(4)17-26(35)36)16-25(34)29-15-21-6-8-22(9-7-21)39-19-24(33)23(28)14-20(2)3/h6-9,20,23H,5,10-19,28H2,1-4H3,(H,29,34)(H,35,36)(H,37,38)/t23-/m1/s1. The van der Waals surface area contributed by atoms with E-state index in [-0.39, 0.29) is 37.9 Å². The molecule has 0 bridgehead atoms. The summed E-state index contributed by atoms with van der Waals surface area (Å²) in [5.41, 5.74) is 6.75. The third-order valence-corrected chi connectivity index (χ3v) is 6.04. The second-order valence-electron chi connectivity index (χ2n) is 10.1. The minimum absolute atomic E-state index is 0.0888. The summed E-state index contributed by atoms with van der Waals surface area (Å²) in [4.78, 5) is 52.1. The molecule has 220 valence electrons. The molecule has 1 rings (SSSR count). The number of nitrogens with zero attached hydrogens (tertiary/aromatic N) is 3. The Balaban J connectivity index is 2.60. The van der Waals surface area contributed by atoms with Gasteiger partial charge in [-0.05, 0) is 43.6 Å².